The minimum absolute atomic E-state index is 0.291. The van der Waals surface area contributed by atoms with E-state index in [1.807, 2.05) is 18.2 Å². The number of methoxy groups -OCH3 is 2. The number of ether oxygens (including phenoxy) is 3. The predicted molar refractivity (Wildman–Crippen MR) is 80.4 cm³/mol. The summed E-state index contributed by atoms with van der Waals surface area (Å²) in [6.45, 7) is 0.291. The summed E-state index contributed by atoms with van der Waals surface area (Å²) in [5.41, 5.74) is 0.787. The van der Waals surface area contributed by atoms with Gasteiger partial charge in [0.2, 0.25) is 0 Å². The highest BCUT2D eigenvalue weighted by atomic mass is 79.9. The maximum Gasteiger partial charge on any atom is 0.191 e. The SMILES string of the molecule is COC(COc1c(Br)cc(Br)c2cccnc12)OC. The molecule has 0 aliphatic carbocycles. The minimum Gasteiger partial charge on any atom is -0.485 e. The summed E-state index contributed by atoms with van der Waals surface area (Å²) in [4.78, 5) is 4.37. The Morgan fingerprint density at radius 1 is 1.21 bits per heavy atom. The smallest absolute Gasteiger partial charge is 0.191 e. The lowest BCUT2D eigenvalue weighted by Gasteiger charge is -2.16. The Hall–Kier alpha value is -0.690. The molecule has 1 heterocycles. The molecule has 0 atom stereocenters. The monoisotopic (exact) mass is 389 g/mol. The second kappa shape index (κ2) is 6.65. The van der Waals surface area contributed by atoms with Gasteiger partial charge in [-0.1, -0.05) is 22.0 Å². The number of hydrogen-bond donors (Lipinski definition) is 0. The summed E-state index contributed by atoms with van der Waals surface area (Å²) in [6, 6.07) is 5.81. The number of rotatable bonds is 5. The Morgan fingerprint density at radius 2 is 1.95 bits per heavy atom. The van der Waals surface area contributed by atoms with Crippen molar-refractivity contribution < 1.29 is 14.2 Å². The van der Waals surface area contributed by atoms with Crippen LogP contribution in [0.25, 0.3) is 10.9 Å². The van der Waals surface area contributed by atoms with Crippen molar-refractivity contribution in [3.8, 4) is 5.75 Å². The van der Waals surface area contributed by atoms with Crippen LogP contribution < -0.4 is 4.74 Å². The first-order valence-electron chi connectivity index (χ1n) is 5.58. The number of aromatic nitrogens is 1. The molecule has 0 aliphatic rings. The molecule has 0 bridgehead atoms. The van der Waals surface area contributed by atoms with Crippen molar-refractivity contribution in [3.63, 3.8) is 0 Å². The molecule has 19 heavy (non-hydrogen) atoms. The van der Waals surface area contributed by atoms with E-state index in [0.717, 1.165) is 19.8 Å². The van der Waals surface area contributed by atoms with Gasteiger partial charge in [-0.3, -0.25) is 4.98 Å². The Kier molecular flexibility index (Phi) is 5.15. The predicted octanol–water partition coefficient (Wildman–Crippen LogP) is 3.76. The number of halogens is 2. The Bertz CT molecular complexity index is 573. The molecule has 1 aromatic carbocycles. The van der Waals surface area contributed by atoms with Gasteiger partial charge in [0.25, 0.3) is 0 Å². The van der Waals surface area contributed by atoms with Crippen molar-refractivity contribution in [2.45, 2.75) is 6.29 Å². The first kappa shape index (κ1) is 14.7. The van der Waals surface area contributed by atoms with Gasteiger partial charge in [-0.05, 0) is 28.1 Å². The van der Waals surface area contributed by atoms with Crippen molar-refractivity contribution in [1.82, 2.24) is 4.98 Å². The van der Waals surface area contributed by atoms with Crippen molar-refractivity contribution in [1.29, 1.82) is 0 Å². The summed E-state index contributed by atoms with van der Waals surface area (Å²) in [5.74, 6) is 0.679. The van der Waals surface area contributed by atoms with Crippen LogP contribution in [0.2, 0.25) is 0 Å². The van der Waals surface area contributed by atoms with E-state index >= 15 is 0 Å². The average Bonchev–Trinajstić information content (AvgIpc) is 2.43. The molecule has 102 valence electrons. The molecule has 0 fully saturated rings. The molecule has 0 radical (unpaired) electrons. The zero-order valence-electron chi connectivity index (χ0n) is 10.5. The largest absolute Gasteiger partial charge is 0.485 e. The molecular formula is C13H13Br2NO3. The first-order chi connectivity index (χ1) is 9.17. The topological polar surface area (TPSA) is 40.6 Å². The van der Waals surface area contributed by atoms with E-state index in [1.165, 1.54) is 0 Å². The van der Waals surface area contributed by atoms with Gasteiger partial charge >= 0.3 is 0 Å². The van der Waals surface area contributed by atoms with Crippen LogP contribution >= 0.6 is 31.9 Å². The van der Waals surface area contributed by atoms with Gasteiger partial charge in [0.15, 0.2) is 12.0 Å². The van der Waals surface area contributed by atoms with Gasteiger partial charge in [0, 0.05) is 30.3 Å². The molecule has 0 spiro atoms. The standard InChI is InChI=1S/C13H13Br2NO3/c1-17-11(18-2)7-19-13-10(15)6-9(14)8-4-3-5-16-12(8)13/h3-6,11H,7H2,1-2H3. The number of hydrogen-bond acceptors (Lipinski definition) is 4. The highest BCUT2D eigenvalue weighted by Gasteiger charge is 2.14. The van der Waals surface area contributed by atoms with E-state index < -0.39 is 6.29 Å². The molecule has 2 aromatic rings. The summed E-state index contributed by atoms with van der Waals surface area (Å²) < 4.78 is 17.8. The van der Waals surface area contributed by atoms with Crippen molar-refractivity contribution in [3.05, 3.63) is 33.3 Å². The second-order valence-electron chi connectivity index (χ2n) is 3.78. The number of pyridine rings is 1. The molecule has 0 saturated carbocycles. The lowest BCUT2D eigenvalue weighted by Crippen LogP contribution is -2.22. The van der Waals surface area contributed by atoms with E-state index in [1.54, 1.807) is 20.4 Å². The third-order valence-corrected chi connectivity index (χ3v) is 3.89. The fraction of sp³-hybridized carbons (Fsp3) is 0.308. The van der Waals surface area contributed by atoms with Crippen LogP contribution in [-0.4, -0.2) is 32.1 Å². The fourth-order valence-corrected chi connectivity index (χ4v) is 3.05. The van der Waals surface area contributed by atoms with Crippen LogP contribution in [0.4, 0.5) is 0 Å². The van der Waals surface area contributed by atoms with Gasteiger partial charge < -0.3 is 14.2 Å². The van der Waals surface area contributed by atoms with Crippen LogP contribution in [0.5, 0.6) is 5.75 Å². The van der Waals surface area contributed by atoms with Gasteiger partial charge in [-0.15, -0.1) is 0 Å². The zero-order valence-corrected chi connectivity index (χ0v) is 13.7. The molecule has 0 unspecified atom stereocenters. The number of benzene rings is 1. The molecule has 0 amide bonds. The maximum atomic E-state index is 5.77. The molecule has 4 nitrogen and oxygen atoms in total. The fourth-order valence-electron chi connectivity index (χ4n) is 1.67. The quantitative estimate of drug-likeness (QED) is 0.729. The van der Waals surface area contributed by atoms with Crippen LogP contribution in [0, 0.1) is 0 Å². The van der Waals surface area contributed by atoms with Crippen LogP contribution in [-0.2, 0) is 9.47 Å². The summed E-state index contributed by atoms with van der Waals surface area (Å²) in [7, 11) is 3.15. The van der Waals surface area contributed by atoms with E-state index in [2.05, 4.69) is 36.8 Å². The average molecular weight is 391 g/mol. The first-order valence-corrected chi connectivity index (χ1v) is 7.17. The molecule has 1 aromatic heterocycles. The lowest BCUT2D eigenvalue weighted by atomic mass is 10.2. The minimum atomic E-state index is -0.408. The maximum absolute atomic E-state index is 5.77. The third-order valence-electron chi connectivity index (χ3n) is 2.64. The highest BCUT2D eigenvalue weighted by Crippen LogP contribution is 2.37. The highest BCUT2D eigenvalue weighted by molar-refractivity contribution is 9.11. The van der Waals surface area contributed by atoms with Crippen LogP contribution in [0.1, 0.15) is 0 Å². The summed E-state index contributed by atoms with van der Waals surface area (Å²) >= 11 is 7.00. The van der Waals surface area contributed by atoms with Crippen LogP contribution in [0.3, 0.4) is 0 Å². The number of fused-ring (bicyclic) bond motifs is 1. The molecule has 0 aliphatic heterocycles. The zero-order chi connectivity index (χ0) is 13.8. The summed E-state index contributed by atoms with van der Waals surface area (Å²) in [5, 5.41) is 0.993. The van der Waals surface area contributed by atoms with Crippen LogP contribution in [0.15, 0.2) is 33.3 Å². The van der Waals surface area contributed by atoms with Gasteiger partial charge in [-0.25, -0.2) is 0 Å². The van der Waals surface area contributed by atoms with Crippen molar-refractivity contribution in [2.24, 2.45) is 0 Å². The molecular weight excluding hydrogens is 378 g/mol. The molecule has 0 saturated heterocycles. The van der Waals surface area contributed by atoms with Crippen molar-refractivity contribution in [2.75, 3.05) is 20.8 Å². The second-order valence-corrected chi connectivity index (χ2v) is 5.49. The van der Waals surface area contributed by atoms with Crippen molar-refractivity contribution >= 4 is 42.8 Å². The normalized spacial score (nSPS) is 11.2. The third kappa shape index (κ3) is 3.25. The molecule has 0 N–H and O–H groups in total. The number of nitrogens with zero attached hydrogens (tertiary/aromatic N) is 1. The Balaban J connectivity index is 2.37. The Labute approximate surface area is 128 Å². The van der Waals surface area contributed by atoms with Gasteiger partial charge in [-0.2, -0.15) is 0 Å². The molecule has 2 rings (SSSR count). The van der Waals surface area contributed by atoms with E-state index in [0.29, 0.717) is 12.4 Å². The lowest BCUT2D eigenvalue weighted by molar-refractivity contribution is -0.121. The van der Waals surface area contributed by atoms with E-state index in [9.17, 15) is 0 Å². The molecule has 6 heteroatoms. The Morgan fingerprint density at radius 3 is 2.63 bits per heavy atom. The van der Waals surface area contributed by atoms with E-state index in [4.69, 9.17) is 14.2 Å². The summed E-state index contributed by atoms with van der Waals surface area (Å²) in [6.07, 6.45) is 1.33. The van der Waals surface area contributed by atoms with E-state index in [-0.39, 0.29) is 0 Å². The van der Waals surface area contributed by atoms with Gasteiger partial charge in [0.05, 0.1) is 4.47 Å². The van der Waals surface area contributed by atoms with Gasteiger partial charge in [0.1, 0.15) is 12.1 Å².